The molecule has 4 rings (SSSR count). The molecule has 6 nitrogen and oxygen atoms in total. The van der Waals surface area contributed by atoms with Crippen molar-refractivity contribution in [2.45, 2.75) is 25.3 Å². The van der Waals surface area contributed by atoms with Gasteiger partial charge in [0.1, 0.15) is 11.3 Å². The summed E-state index contributed by atoms with van der Waals surface area (Å²) in [7, 11) is 1.65. The fourth-order valence-corrected chi connectivity index (χ4v) is 4.37. The number of amides is 1. The number of nitrogens with zero attached hydrogens (tertiary/aromatic N) is 1. The van der Waals surface area contributed by atoms with Gasteiger partial charge in [-0.15, -0.1) is 0 Å². The van der Waals surface area contributed by atoms with Gasteiger partial charge in [0.05, 0.1) is 18.5 Å². The normalized spacial score (nSPS) is 15.5. The second-order valence-corrected chi connectivity index (χ2v) is 8.63. The van der Waals surface area contributed by atoms with Crippen molar-refractivity contribution in [2.24, 2.45) is 0 Å². The Kier molecular flexibility index (Phi) is 6.73. The van der Waals surface area contributed by atoms with Crippen LogP contribution >= 0.6 is 15.9 Å². The molecule has 1 aliphatic rings. The summed E-state index contributed by atoms with van der Waals surface area (Å²) in [6.45, 7) is 2.41. The number of nitrogens with one attached hydrogen (secondary N) is 1. The van der Waals surface area contributed by atoms with Crippen molar-refractivity contribution in [2.75, 3.05) is 26.7 Å². The van der Waals surface area contributed by atoms with E-state index < -0.39 is 5.91 Å². The topological polar surface area (TPSA) is 71.8 Å². The first kappa shape index (κ1) is 21.6. The van der Waals surface area contributed by atoms with E-state index in [1.165, 1.54) is 12.5 Å². The van der Waals surface area contributed by atoms with Crippen LogP contribution in [0, 0.1) is 0 Å². The summed E-state index contributed by atoms with van der Waals surface area (Å²) in [5, 5.41) is 3.42. The Morgan fingerprint density at radius 2 is 1.87 bits per heavy atom. The van der Waals surface area contributed by atoms with E-state index in [-0.39, 0.29) is 17.2 Å². The first-order chi connectivity index (χ1) is 15.0. The molecule has 162 valence electrons. The molecule has 0 saturated carbocycles. The van der Waals surface area contributed by atoms with E-state index in [0.29, 0.717) is 17.5 Å². The third-order valence-electron chi connectivity index (χ3n) is 5.70. The molecule has 0 radical (unpaired) electrons. The fourth-order valence-electron chi connectivity index (χ4n) is 4.03. The van der Waals surface area contributed by atoms with Crippen molar-refractivity contribution in [3.8, 4) is 5.75 Å². The smallest absolute Gasteiger partial charge is 0.287 e. The third kappa shape index (κ3) is 4.99. The highest BCUT2D eigenvalue weighted by molar-refractivity contribution is 9.10. The van der Waals surface area contributed by atoms with Crippen LogP contribution in [-0.2, 0) is 0 Å². The highest BCUT2D eigenvalue weighted by Gasteiger charge is 2.24. The highest BCUT2D eigenvalue weighted by atomic mass is 79.9. The zero-order valence-electron chi connectivity index (χ0n) is 17.4. The number of piperidine rings is 1. The van der Waals surface area contributed by atoms with Gasteiger partial charge in [-0.3, -0.25) is 14.5 Å². The number of carbonyl (C=O) groups is 1. The van der Waals surface area contributed by atoms with Crippen molar-refractivity contribution in [3.05, 3.63) is 74.6 Å². The number of methoxy groups -OCH3 is 1. The third-order valence-corrected chi connectivity index (χ3v) is 6.20. The van der Waals surface area contributed by atoms with Crippen LogP contribution in [-0.4, -0.2) is 37.6 Å². The lowest BCUT2D eigenvalue weighted by Crippen LogP contribution is -2.40. The molecule has 1 atom stereocenters. The van der Waals surface area contributed by atoms with Gasteiger partial charge in [-0.25, -0.2) is 0 Å². The first-order valence-corrected chi connectivity index (χ1v) is 11.2. The van der Waals surface area contributed by atoms with E-state index in [0.717, 1.165) is 41.7 Å². The van der Waals surface area contributed by atoms with Gasteiger partial charge >= 0.3 is 0 Å². The molecule has 7 heteroatoms. The van der Waals surface area contributed by atoms with E-state index in [1.807, 2.05) is 24.3 Å². The number of likely N-dealkylation sites (tertiary alicyclic amines) is 1. The maximum Gasteiger partial charge on any atom is 0.287 e. The van der Waals surface area contributed by atoms with Crippen LogP contribution in [0.5, 0.6) is 5.75 Å². The molecule has 2 heterocycles. The molecule has 0 aliphatic carbocycles. The van der Waals surface area contributed by atoms with E-state index in [2.05, 4.69) is 26.1 Å². The number of ether oxygens (including phenoxy) is 1. The second kappa shape index (κ2) is 9.66. The summed E-state index contributed by atoms with van der Waals surface area (Å²) in [5.74, 6) is 0.423. The molecule has 1 aromatic heterocycles. The molecular weight excluding hydrogens is 460 g/mol. The van der Waals surface area contributed by atoms with Crippen LogP contribution < -0.4 is 15.5 Å². The largest absolute Gasteiger partial charge is 0.497 e. The molecule has 1 N–H and O–H groups in total. The predicted octanol–water partition coefficient (Wildman–Crippen LogP) is 4.52. The van der Waals surface area contributed by atoms with E-state index in [1.54, 1.807) is 25.3 Å². The zero-order chi connectivity index (χ0) is 21.8. The van der Waals surface area contributed by atoms with Crippen LogP contribution in [0.25, 0.3) is 11.0 Å². The Bertz CT molecular complexity index is 1120. The molecule has 1 amide bonds. The summed E-state index contributed by atoms with van der Waals surface area (Å²) in [4.78, 5) is 27.7. The first-order valence-electron chi connectivity index (χ1n) is 10.4. The average molecular weight is 485 g/mol. The molecule has 0 spiro atoms. The van der Waals surface area contributed by atoms with Gasteiger partial charge in [-0.2, -0.15) is 0 Å². The number of benzene rings is 2. The van der Waals surface area contributed by atoms with Crippen molar-refractivity contribution < 1.29 is 13.9 Å². The number of hydrogen-bond donors (Lipinski definition) is 1. The van der Waals surface area contributed by atoms with Gasteiger partial charge in [0.25, 0.3) is 5.91 Å². The number of hydrogen-bond acceptors (Lipinski definition) is 5. The number of halogens is 1. The van der Waals surface area contributed by atoms with E-state index in [4.69, 9.17) is 9.15 Å². The molecule has 1 fully saturated rings. The molecule has 0 unspecified atom stereocenters. The van der Waals surface area contributed by atoms with Crippen LogP contribution in [0.1, 0.15) is 41.4 Å². The Labute approximate surface area is 189 Å². The zero-order valence-corrected chi connectivity index (χ0v) is 19.0. The minimum absolute atomic E-state index is 0.0164. The Hall–Kier alpha value is -2.64. The maximum atomic E-state index is 12.9. The predicted molar refractivity (Wildman–Crippen MR) is 124 cm³/mol. The lowest BCUT2D eigenvalue weighted by molar-refractivity contribution is 0.0897. The summed E-state index contributed by atoms with van der Waals surface area (Å²) < 4.78 is 11.8. The molecule has 1 aliphatic heterocycles. The van der Waals surface area contributed by atoms with Crippen molar-refractivity contribution in [3.63, 3.8) is 0 Å². The van der Waals surface area contributed by atoms with Gasteiger partial charge in [0.2, 0.25) is 0 Å². The average Bonchev–Trinajstić information content (AvgIpc) is 2.79. The highest BCUT2D eigenvalue weighted by Crippen LogP contribution is 2.26. The van der Waals surface area contributed by atoms with Crippen LogP contribution in [0.3, 0.4) is 0 Å². The van der Waals surface area contributed by atoms with Crippen molar-refractivity contribution >= 4 is 32.8 Å². The summed E-state index contributed by atoms with van der Waals surface area (Å²) in [5.41, 5.74) is 1.27. The molecule has 0 bridgehead atoms. The quantitative estimate of drug-likeness (QED) is 0.556. The molecule has 31 heavy (non-hydrogen) atoms. The molecule has 1 saturated heterocycles. The van der Waals surface area contributed by atoms with E-state index >= 15 is 0 Å². The lowest BCUT2D eigenvalue weighted by Gasteiger charge is -2.35. The number of carbonyl (C=O) groups excluding carboxylic acids is 1. The minimum atomic E-state index is -0.394. The molecule has 3 aromatic rings. The molecule has 2 aromatic carbocycles. The van der Waals surface area contributed by atoms with Gasteiger partial charge in [0, 0.05) is 17.1 Å². The summed E-state index contributed by atoms with van der Waals surface area (Å²) >= 11 is 3.37. The summed E-state index contributed by atoms with van der Waals surface area (Å²) in [6, 6.07) is 14.4. The second-order valence-electron chi connectivity index (χ2n) is 7.71. The maximum absolute atomic E-state index is 12.9. The lowest BCUT2D eigenvalue weighted by atomic mass is 10.0. The number of fused-ring (bicyclic) bond motifs is 1. The Morgan fingerprint density at radius 1 is 1.13 bits per heavy atom. The Morgan fingerprint density at radius 3 is 2.58 bits per heavy atom. The SMILES string of the molecule is COc1ccc([C@H](CNC(=O)c2cc(=O)c3ccc(Br)cc3o2)N2CCCCC2)cc1. The standard InChI is InChI=1S/C24H25BrN2O4/c1-30-18-8-5-16(6-9-18)20(27-11-3-2-4-12-27)15-26-24(29)23-14-21(28)19-10-7-17(25)13-22(19)31-23/h5-10,13-14,20H,2-4,11-12,15H2,1H3,(H,26,29)/t20-/m0/s1. The number of rotatable bonds is 6. The van der Waals surface area contributed by atoms with Gasteiger partial charge in [0.15, 0.2) is 11.2 Å². The van der Waals surface area contributed by atoms with Crippen molar-refractivity contribution in [1.82, 2.24) is 10.2 Å². The minimum Gasteiger partial charge on any atom is -0.497 e. The van der Waals surface area contributed by atoms with Crippen LogP contribution in [0.4, 0.5) is 0 Å². The van der Waals surface area contributed by atoms with Crippen molar-refractivity contribution in [1.29, 1.82) is 0 Å². The fraction of sp³-hybridized carbons (Fsp3) is 0.333. The van der Waals surface area contributed by atoms with Gasteiger partial charge in [-0.1, -0.05) is 34.5 Å². The van der Waals surface area contributed by atoms with Crippen LogP contribution in [0.15, 0.2) is 62.2 Å². The monoisotopic (exact) mass is 484 g/mol. The Balaban J connectivity index is 1.55. The van der Waals surface area contributed by atoms with Crippen LogP contribution in [0.2, 0.25) is 0 Å². The van der Waals surface area contributed by atoms with Gasteiger partial charge < -0.3 is 14.5 Å². The molecular formula is C24H25BrN2O4. The van der Waals surface area contributed by atoms with E-state index in [9.17, 15) is 9.59 Å². The van der Waals surface area contributed by atoms with Gasteiger partial charge in [-0.05, 0) is 61.8 Å². The summed E-state index contributed by atoms with van der Waals surface area (Å²) in [6.07, 6.45) is 3.53.